The Balaban J connectivity index is 1.87. The van der Waals surface area contributed by atoms with Gasteiger partial charge in [-0.3, -0.25) is 14.9 Å². The van der Waals surface area contributed by atoms with Gasteiger partial charge in [0.25, 0.3) is 11.6 Å². The van der Waals surface area contributed by atoms with Crippen LogP contribution in [0.25, 0.3) is 0 Å². The second-order valence-electron chi connectivity index (χ2n) is 7.69. The number of rotatable bonds is 6. The van der Waals surface area contributed by atoms with E-state index in [0.29, 0.717) is 17.8 Å². The zero-order valence-corrected chi connectivity index (χ0v) is 17.3. The summed E-state index contributed by atoms with van der Waals surface area (Å²) < 4.78 is 0. The Hall–Kier alpha value is -3.09. The highest BCUT2D eigenvalue weighted by Crippen LogP contribution is 2.28. The number of nitro groups is 1. The number of carbonyl (C=O) groups is 1. The molecule has 0 saturated carbocycles. The van der Waals surface area contributed by atoms with E-state index in [1.807, 2.05) is 32.3 Å². The summed E-state index contributed by atoms with van der Waals surface area (Å²) in [6.07, 6.45) is 3.63. The molecule has 0 aromatic heterocycles. The minimum Gasteiger partial charge on any atom is -0.377 e. The molecule has 154 valence electrons. The van der Waals surface area contributed by atoms with Crippen molar-refractivity contribution in [3.63, 3.8) is 0 Å². The molecule has 1 saturated heterocycles. The third-order valence-corrected chi connectivity index (χ3v) is 5.35. The van der Waals surface area contributed by atoms with Crippen LogP contribution in [0.1, 0.15) is 35.2 Å². The maximum atomic E-state index is 13.2. The van der Waals surface area contributed by atoms with Gasteiger partial charge in [-0.2, -0.15) is 0 Å². The summed E-state index contributed by atoms with van der Waals surface area (Å²) in [5, 5.41) is 11.2. The molecule has 0 aliphatic carbocycles. The van der Waals surface area contributed by atoms with Crippen LogP contribution in [-0.2, 0) is 6.54 Å². The topological polar surface area (TPSA) is 69.9 Å². The van der Waals surface area contributed by atoms with E-state index < -0.39 is 4.92 Å². The van der Waals surface area contributed by atoms with E-state index in [0.717, 1.165) is 18.7 Å². The third kappa shape index (κ3) is 4.67. The predicted octanol–water partition coefficient (Wildman–Crippen LogP) is 3.92. The van der Waals surface area contributed by atoms with Crippen LogP contribution in [0, 0.1) is 10.1 Å². The number of para-hydroxylation sites is 1. The van der Waals surface area contributed by atoms with Crippen molar-refractivity contribution >= 4 is 23.0 Å². The molecule has 3 rings (SSSR count). The van der Waals surface area contributed by atoms with E-state index in [2.05, 4.69) is 11.0 Å². The van der Waals surface area contributed by atoms with E-state index in [4.69, 9.17) is 0 Å². The van der Waals surface area contributed by atoms with Crippen molar-refractivity contribution in [3.05, 3.63) is 63.7 Å². The molecule has 0 unspecified atom stereocenters. The number of nitro benzene ring substituents is 1. The van der Waals surface area contributed by atoms with Crippen LogP contribution in [-0.4, -0.2) is 50.0 Å². The smallest absolute Gasteiger partial charge is 0.270 e. The molecule has 1 aliphatic rings. The van der Waals surface area contributed by atoms with Crippen molar-refractivity contribution in [2.24, 2.45) is 0 Å². The number of piperidine rings is 1. The van der Waals surface area contributed by atoms with Crippen LogP contribution in [0.4, 0.5) is 17.1 Å². The summed E-state index contributed by atoms with van der Waals surface area (Å²) >= 11 is 0. The zero-order chi connectivity index (χ0) is 21.0. The highest BCUT2D eigenvalue weighted by Gasteiger charge is 2.22. The lowest BCUT2D eigenvalue weighted by Gasteiger charge is -2.31. The number of hydrogen-bond donors (Lipinski definition) is 0. The molecule has 0 radical (unpaired) electrons. The first-order chi connectivity index (χ1) is 13.9. The summed E-state index contributed by atoms with van der Waals surface area (Å²) in [6, 6.07) is 12.6. The van der Waals surface area contributed by atoms with Gasteiger partial charge in [-0.1, -0.05) is 18.2 Å². The lowest BCUT2D eigenvalue weighted by Crippen LogP contribution is -2.32. The van der Waals surface area contributed by atoms with Gasteiger partial charge in [-0.05, 0) is 37.0 Å². The molecule has 1 aliphatic heterocycles. The number of amides is 1. The Kier molecular flexibility index (Phi) is 6.36. The molecule has 2 aromatic rings. The minimum atomic E-state index is -0.470. The van der Waals surface area contributed by atoms with Gasteiger partial charge in [0.05, 0.1) is 10.5 Å². The number of hydrogen-bond acceptors (Lipinski definition) is 5. The largest absolute Gasteiger partial charge is 0.377 e. The first-order valence-corrected chi connectivity index (χ1v) is 9.92. The molecule has 1 fully saturated rings. The summed E-state index contributed by atoms with van der Waals surface area (Å²) in [5.74, 6) is -0.231. The Labute approximate surface area is 171 Å². The Morgan fingerprint density at radius 2 is 1.76 bits per heavy atom. The molecule has 0 N–H and O–H groups in total. The van der Waals surface area contributed by atoms with E-state index in [-0.39, 0.29) is 11.6 Å². The van der Waals surface area contributed by atoms with E-state index in [1.165, 1.54) is 37.1 Å². The van der Waals surface area contributed by atoms with Gasteiger partial charge in [0, 0.05) is 64.3 Å². The summed E-state index contributed by atoms with van der Waals surface area (Å²) in [5.41, 5.74) is 3.17. The van der Waals surface area contributed by atoms with Crippen molar-refractivity contribution in [1.29, 1.82) is 0 Å². The highest BCUT2D eigenvalue weighted by molar-refractivity contribution is 6.00. The molecule has 29 heavy (non-hydrogen) atoms. The Morgan fingerprint density at radius 3 is 2.41 bits per heavy atom. The highest BCUT2D eigenvalue weighted by atomic mass is 16.6. The molecule has 0 atom stereocenters. The maximum absolute atomic E-state index is 13.2. The molecule has 1 amide bonds. The number of nitrogens with zero attached hydrogens (tertiary/aromatic N) is 4. The van der Waals surface area contributed by atoms with Gasteiger partial charge in [0.15, 0.2) is 0 Å². The monoisotopic (exact) mass is 396 g/mol. The number of non-ortho nitro benzene ring substituents is 1. The van der Waals surface area contributed by atoms with Crippen molar-refractivity contribution in [1.82, 2.24) is 4.90 Å². The van der Waals surface area contributed by atoms with Crippen molar-refractivity contribution < 1.29 is 9.72 Å². The summed E-state index contributed by atoms with van der Waals surface area (Å²) in [6.45, 7) is 2.51. The molecule has 7 heteroatoms. The van der Waals surface area contributed by atoms with Crippen LogP contribution >= 0.6 is 0 Å². The van der Waals surface area contributed by atoms with Gasteiger partial charge < -0.3 is 14.7 Å². The molecule has 0 bridgehead atoms. The summed E-state index contributed by atoms with van der Waals surface area (Å²) in [4.78, 5) is 29.7. The van der Waals surface area contributed by atoms with Crippen LogP contribution in [0.2, 0.25) is 0 Å². The fourth-order valence-corrected chi connectivity index (χ4v) is 3.82. The number of anilines is 2. The maximum Gasteiger partial charge on any atom is 0.270 e. The number of carbonyl (C=O) groups excluding carboxylic acids is 1. The SMILES string of the molecule is CN(Cc1ccccc1N1CCCCC1)C(=O)c1cc([N+](=O)[O-])ccc1N(C)C. The normalized spacial score (nSPS) is 13.8. The van der Waals surface area contributed by atoms with E-state index in [9.17, 15) is 14.9 Å². The molecular weight excluding hydrogens is 368 g/mol. The van der Waals surface area contributed by atoms with Crippen LogP contribution in [0.15, 0.2) is 42.5 Å². The van der Waals surface area contributed by atoms with Gasteiger partial charge in [-0.15, -0.1) is 0 Å². The van der Waals surface area contributed by atoms with Gasteiger partial charge in [0.2, 0.25) is 0 Å². The summed E-state index contributed by atoms with van der Waals surface area (Å²) in [7, 11) is 5.39. The first-order valence-electron chi connectivity index (χ1n) is 9.92. The molecule has 1 heterocycles. The second-order valence-corrected chi connectivity index (χ2v) is 7.69. The molecule has 0 spiro atoms. The standard InChI is InChI=1S/C22H28N4O3/c1-23(2)21-12-11-18(26(28)29)15-19(21)22(27)24(3)16-17-9-5-6-10-20(17)25-13-7-4-8-14-25/h5-6,9-12,15H,4,7-8,13-14,16H2,1-3H3. The van der Waals surface area contributed by atoms with Crippen LogP contribution in [0.3, 0.4) is 0 Å². The molecular formula is C22H28N4O3. The minimum absolute atomic E-state index is 0.0823. The Morgan fingerprint density at radius 1 is 1.07 bits per heavy atom. The second kappa shape index (κ2) is 8.94. The third-order valence-electron chi connectivity index (χ3n) is 5.35. The van der Waals surface area contributed by atoms with Crippen LogP contribution < -0.4 is 9.80 Å². The van der Waals surface area contributed by atoms with Crippen molar-refractivity contribution in [2.45, 2.75) is 25.8 Å². The predicted molar refractivity (Wildman–Crippen MR) is 116 cm³/mol. The van der Waals surface area contributed by atoms with Gasteiger partial charge in [-0.25, -0.2) is 0 Å². The lowest BCUT2D eigenvalue weighted by molar-refractivity contribution is -0.384. The first kappa shape index (κ1) is 20.6. The zero-order valence-electron chi connectivity index (χ0n) is 17.3. The van der Waals surface area contributed by atoms with E-state index in [1.54, 1.807) is 22.9 Å². The average molecular weight is 396 g/mol. The fraction of sp³-hybridized carbons (Fsp3) is 0.409. The molecule has 7 nitrogen and oxygen atoms in total. The van der Waals surface area contributed by atoms with Crippen LogP contribution in [0.5, 0.6) is 0 Å². The Bertz CT molecular complexity index is 891. The van der Waals surface area contributed by atoms with Gasteiger partial charge >= 0.3 is 0 Å². The van der Waals surface area contributed by atoms with E-state index >= 15 is 0 Å². The van der Waals surface area contributed by atoms with Crippen molar-refractivity contribution in [2.75, 3.05) is 44.0 Å². The fourth-order valence-electron chi connectivity index (χ4n) is 3.82. The van der Waals surface area contributed by atoms with Gasteiger partial charge in [0.1, 0.15) is 0 Å². The number of benzene rings is 2. The average Bonchev–Trinajstić information content (AvgIpc) is 2.73. The van der Waals surface area contributed by atoms with Crippen molar-refractivity contribution in [3.8, 4) is 0 Å². The quantitative estimate of drug-likeness (QED) is 0.547. The lowest BCUT2D eigenvalue weighted by atomic mass is 10.1. The molecule has 2 aromatic carbocycles.